The van der Waals surface area contributed by atoms with E-state index in [2.05, 4.69) is 19.9 Å². The third-order valence-corrected chi connectivity index (χ3v) is 14.9. The Morgan fingerprint density at radius 3 is 1.23 bits per heavy atom. The van der Waals surface area contributed by atoms with E-state index in [9.17, 15) is 40.8 Å². The van der Waals surface area contributed by atoms with Crippen LogP contribution in [0.25, 0.3) is 0 Å². The zero-order valence-corrected chi connectivity index (χ0v) is 43.5. The lowest BCUT2D eigenvalue weighted by atomic mass is 10.1. The Balaban J connectivity index is 0.000000328. The van der Waals surface area contributed by atoms with Gasteiger partial charge in [0.1, 0.15) is 0 Å². The average molecular weight is 1040 g/mol. The minimum absolute atomic E-state index is 0. The van der Waals surface area contributed by atoms with Gasteiger partial charge in [0, 0.05) is 73.1 Å². The minimum Gasteiger partial charge on any atom is -0.465 e. The molecular formula is C50H67ClN6O12S2. The summed E-state index contributed by atoms with van der Waals surface area (Å²) in [5.74, 6) is -1.78. The summed E-state index contributed by atoms with van der Waals surface area (Å²) in [4.78, 5) is 60.7. The van der Waals surface area contributed by atoms with Crippen LogP contribution in [0.4, 0.5) is 11.4 Å². The molecule has 4 aromatic carbocycles. The molecule has 0 aliphatic carbocycles. The zero-order chi connectivity index (χ0) is 51.1. The van der Waals surface area contributed by atoms with Crippen LogP contribution in [0.2, 0.25) is 0 Å². The van der Waals surface area contributed by atoms with Crippen LogP contribution >= 0.6 is 12.4 Å². The van der Waals surface area contributed by atoms with Gasteiger partial charge < -0.3 is 29.3 Å². The first kappa shape index (κ1) is 59.4. The van der Waals surface area contributed by atoms with Gasteiger partial charge >= 0.3 is 23.9 Å². The van der Waals surface area contributed by atoms with Gasteiger partial charge in [-0.3, -0.25) is 27.9 Å². The monoisotopic (exact) mass is 1040 g/mol. The fraction of sp³-hybridized carbons (Fsp3) is 0.420. The number of methoxy groups -OCH3 is 2. The van der Waals surface area contributed by atoms with E-state index >= 15 is 0 Å². The summed E-state index contributed by atoms with van der Waals surface area (Å²) in [5.41, 5.74) is 3.67. The smallest absolute Gasteiger partial charge is 0.337 e. The van der Waals surface area contributed by atoms with Crippen molar-refractivity contribution in [1.82, 2.24) is 20.0 Å². The first-order valence-corrected chi connectivity index (χ1v) is 26.2. The molecule has 1 N–H and O–H groups in total. The maximum Gasteiger partial charge on any atom is 0.337 e. The Bertz CT molecular complexity index is 2500. The molecule has 2 heterocycles. The quantitative estimate of drug-likeness (QED) is 0.0791. The third-order valence-electron chi connectivity index (χ3n) is 11.2. The summed E-state index contributed by atoms with van der Waals surface area (Å²) < 4.78 is 69.4. The summed E-state index contributed by atoms with van der Waals surface area (Å²) in [6.45, 7) is 12.4. The Morgan fingerprint density at radius 1 is 0.535 bits per heavy atom. The van der Waals surface area contributed by atoms with Gasteiger partial charge in [0.05, 0.1) is 61.3 Å². The van der Waals surface area contributed by atoms with Crippen LogP contribution in [-0.4, -0.2) is 152 Å². The number of carbonyl (C=O) groups is 5. The fourth-order valence-corrected chi connectivity index (χ4v) is 10.5. The first-order valence-electron chi connectivity index (χ1n) is 23.0. The van der Waals surface area contributed by atoms with Gasteiger partial charge in [-0.15, -0.1) is 12.4 Å². The Labute approximate surface area is 424 Å². The van der Waals surface area contributed by atoms with Crippen LogP contribution in [0.3, 0.4) is 0 Å². The lowest BCUT2D eigenvalue weighted by Crippen LogP contribution is -2.48. The molecule has 18 nitrogen and oxygen atoms in total. The molecule has 21 heteroatoms. The molecule has 0 bridgehead atoms. The summed E-state index contributed by atoms with van der Waals surface area (Å²) in [7, 11) is -4.43. The second-order valence-electron chi connectivity index (χ2n) is 16.4. The maximum atomic E-state index is 13.3. The van der Waals surface area contributed by atoms with Crippen LogP contribution in [0.1, 0.15) is 65.5 Å². The number of hydrogen-bond donors (Lipinski definition) is 1. The van der Waals surface area contributed by atoms with Gasteiger partial charge in [-0.25, -0.2) is 26.4 Å². The van der Waals surface area contributed by atoms with Gasteiger partial charge in [0.25, 0.3) is 0 Å². The number of anilines is 2. The molecule has 1 amide bonds. The van der Waals surface area contributed by atoms with Crippen molar-refractivity contribution >= 4 is 73.6 Å². The van der Waals surface area contributed by atoms with Crippen LogP contribution in [0.5, 0.6) is 0 Å². The highest BCUT2D eigenvalue weighted by Crippen LogP contribution is 2.24. The van der Waals surface area contributed by atoms with E-state index in [1.54, 1.807) is 79.7 Å². The van der Waals surface area contributed by atoms with Gasteiger partial charge in [-0.05, 0) is 85.6 Å². The van der Waals surface area contributed by atoms with Gasteiger partial charge in [0.15, 0.2) is 0 Å². The molecule has 71 heavy (non-hydrogen) atoms. The number of esters is 4. The third kappa shape index (κ3) is 20.4. The number of carbonyl (C=O) groups excluding carboxylic acids is 5. The first-order chi connectivity index (χ1) is 33.4. The predicted octanol–water partition coefficient (Wildman–Crippen LogP) is 4.99. The van der Waals surface area contributed by atoms with E-state index in [1.165, 1.54) is 36.7 Å². The lowest BCUT2D eigenvalue weighted by molar-refractivity contribution is -0.156. The summed E-state index contributed by atoms with van der Waals surface area (Å²) in [5, 5.41) is 3.31. The molecule has 0 saturated carbocycles. The molecule has 2 saturated heterocycles. The van der Waals surface area contributed by atoms with Crippen molar-refractivity contribution in [2.75, 3.05) is 99.8 Å². The standard InChI is InChI=1S/C24H31N3O5S.C22H29N3O4S.C4H6O3.ClH/c1-20(28)26-16-14-25(15-17-26)13-6-18-33(30,31)27(23-7-4-3-5-8-23)19-21-9-11-22(12-10-21)24(29)32-2;1-29-22(26)20-10-8-19(9-11-20)18-25(21-6-3-2-4-7-21)30(27,28)17-5-14-24-15-12-23-13-16-24;1-3(5)7-4(2)6;/h3-5,7-12H,6,13-19H2,1-2H3;2-4,6-11,23H,5,12-18H2,1H3;1-2H3;1H. The van der Waals surface area contributed by atoms with Crippen LogP contribution in [0, 0.1) is 0 Å². The van der Waals surface area contributed by atoms with E-state index in [-0.39, 0.29) is 42.9 Å². The molecule has 2 aliphatic heterocycles. The molecule has 0 atom stereocenters. The molecule has 0 unspecified atom stereocenters. The second kappa shape index (κ2) is 30.1. The normalized spacial score (nSPS) is 13.9. The van der Waals surface area contributed by atoms with Gasteiger partial charge in [-0.1, -0.05) is 60.7 Å². The van der Waals surface area contributed by atoms with Crippen molar-refractivity contribution in [3.8, 4) is 0 Å². The second-order valence-corrected chi connectivity index (χ2v) is 20.5. The molecule has 2 fully saturated rings. The number of nitrogens with one attached hydrogen (secondary N) is 1. The highest BCUT2D eigenvalue weighted by molar-refractivity contribution is 7.93. The van der Waals surface area contributed by atoms with Gasteiger partial charge in [-0.2, -0.15) is 0 Å². The number of benzene rings is 4. The maximum absolute atomic E-state index is 13.3. The SMILES string of the molecule is CC(=O)OC(C)=O.COC(=O)c1ccc(CN(c2ccccc2)S(=O)(=O)CCCN2CCN(C(C)=O)CC2)cc1.COC(=O)c1ccc(CN(c2ccccc2)S(=O)(=O)CCCN2CCNCC2)cc1.Cl. The molecule has 388 valence electrons. The topological polar surface area (TPSA) is 210 Å². The predicted molar refractivity (Wildman–Crippen MR) is 275 cm³/mol. The van der Waals surface area contributed by atoms with Crippen molar-refractivity contribution in [3.05, 3.63) is 131 Å². The highest BCUT2D eigenvalue weighted by atomic mass is 35.5. The number of ether oxygens (including phenoxy) is 3. The zero-order valence-electron chi connectivity index (χ0n) is 41.1. The van der Waals surface area contributed by atoms with Crippen LogP contribution in [0.15, 0.2) is 109 Å². The van der Waals surface area contributed by atoms with Crippen molar-refractivity contribution in [2.45, 2.75) is 46.7 Å². The van der Waals surface area contributed by atoms with Crippen molar-refractivity contribution in [1.29, 1.82) is 0 Å². The highest BCUT2D eigenvalue weighted by Gasteiger charge is 2.26. The number of hydrogen-bond acceptors (Lipinski definition) is 15. The molecule has 6 rings (SSSR count). The minimum atomic E-state index is -3.58. The molecule has 4 aromatic rings. The van der Waals surface area contributed by atoms with Crippen molar-refractivity contribution in [2.24, 2.45) is 0 Å². The van der Waals surface area contributed by atoms with E-state index < -0.39 is 43.9 Å². The number of para-hydroxylation sites is 2. The summed E-state index contributed by atoms with van der Waals surface area (Å²) in [6, 6.07) is 31.8. The Hall–Kier alpha value is -5.90. The Kier molecular flexibility index (Phi) is 25.2. The lowest BCUT2D eigenvalue weighted by Gasteiger charge is -2.34. The molecular weight excluding hydrogens is 976 g/mol. The van der Waals surface area contributed by atoms with Crippen LogP contribution < -0.4 is 13.9 Å². The van der Waals surface area contributed by atoms with Gasteiger partial charge in [0.2, 0.25) is 26.0 Å². The van der Waals surface area contributed by atoms with E-state index in [0.29, 0.717) is 55.0 Å². The molecule has 0 radical (unpaired) electrons. The molecule has 0 aromatic heterocycles. The molecule has 2 aliphatic rings. The summed E-state index contributed by atoms with van der Waals surface area (Å²) in [6.07, 6.45) is 1.10. The van der Waals surface area contributed by atoms with E-state index in [4.69, 9.17) is 9.47 Å². The van der Waals surface area contributed by atoms with Crippen LogP contribution in [-0.2, 0) is 61.7 Å². The Morgan fingerprint density at radius 2 is 0.901 bits per heavy atom. The number of nitrogens with zero attached hydrogens (tertiary/aromatic N) is 5. The van der Waals surface area contributed by atoms with Crippen molar-refractivity contribution in [3.63, 3.8) is 0 Å². The van der Waals surface area contributed by atoms with Crippen molar-refractivity contribution < 1.29 is 55.0 Å². The van der Waals surface area contributed by atoms with E-state index in [0.717, 1.165) is 56.9 Å². The number of sulfonamides is 2. The number of rotatable bonds is 18. The number of halogens is 1. The largest absolute Gasteiger partial charge is 0.465 e. The molecule has 0 spiro atoms. The van der Waals surface area contributed by atoms with E-state index in [1.807, 2.05) is 41.3 Å². The number of piperazine rings is 2. The summed E-state index contributed by atoms with van der Waals surface area (Å²) >= 11 is 0. The fourth-order valence-electron chi connectivity index (χ4n) is 7.53. The average Bonchev–Trinajstić information content (AvgIpc) is 3.35. The number of amides is 1.